The summed E-state index contributed by atoms with van der Waals surface area (Å²) in [5, 5.41) is 12.4. The lowest BCUT2D eigenvalue weighted by Gasteiger charge is -2.17. The van der Waals surface area contributed by atoms with E-state index < -0.39 is 18.6 Å². The molecular weight excluding hydrogens is 295 g/mol. The number of hydrogen-bond donors (Lipinski definition) is 2. The second kappa shape index (κ2) is 7.22. The van der Waals surface area contributed by atoms with Gasteiger partial charge >= 0.3 is 6.18 Å². The highest BCUT2D eigenvalue weighted by molar-refractivity contribution is 5.32. The molecule has 0 aliphatic carbocycles. The molecule has 7 heteroatoms. The number of nitrogens with one attached hydrogen (secondary N) is 1. The Balaban J connectivity index is 2.06. The van der Waals surface area contributed by atoms with Crippen LogP contribution in [-0.2, 0) is 6.42 Å². The van der Waals surface area contributed by atoms with Gasteiger partial charge in [-0.25, -0.2) is 9.97 Å². The van der Waals surface area contributed by atoms with Crippen molar-refractivity contribution in [3.05, 3.63) is 53.9 Å². The van der Waals surface area contributed by atoms with Gasteiger partial charge in [0.15, 0.2) is 0 Å². The summed E-state index contributed by atoms with van der Waals surface area (Å²) in [7, 11) is 0. The Hall–Kier alpha value is -2.15. The van der Waals surface area contributed by atoms with E-state index in [1.54, 1.807) is 0 Å². The first-order valence-electron chi connectivity index (χ1n) is 6.79. The summed E-state index contributed by atoms with van der Waals surface area (Å²) in [6.45, 7) is -0.180. The molecule has 0 spiro atoms. The van der Waals surface area contributed by atoms with Gasteiger partial charge in [0.1, 0.15) is 0 Å². The summed E-state index contributed by atoms with van der Waals surface area (Å²) in [6, 6.07) is 10.2. The Morgan fingerprint density at radius 2 is 1.86 bits per heavy atom. The molecule has 0 amide bonds. The monoisotopic (exact) mass is 311 g/mol. The summed E-state index contributed by atoms with van der Waals surface area (Å²) < 4.78 is 36.7. The van der Waals surface area contributed by atoms with Gasteiger partial charge in [-0.15, -0.1) is 0 Å². The molecular formula is C15H16F3N3O. The number of aliphatic hydroxyl groups is 1. The zero-order valence-corrected chi connectivity index (χ0v) is 11.7. The first-order chi connectivity index (χ1) is 10.5. The number of alkyl halides is 3. The average molecular weight is 311 g/mol. The molecule has 22 heavy (non-hydrogen) atoms. The van der Waals surface area contributed by atoms with Crippen molar-refractivity contribution >= 4 is 5.95 Å². The van der Waals surface area contributed by atoms with Crippen LogP contribution in [0.25, 0.3) is 0 Å². The molecule has 118 valence electrons. The van der Waals surface area contributed by atoms with Crippen molar-refractivity contribution in [3.8, 4) is 0 Å². The van der Waals surface area contributed by atoms with Gasteiger partial charge in [0.05, 0.1) is 12.6 Å². The molecule has 4 nitrogen and oxygen atoms in total. The van der Waals surface area contributed by atoms with Crippen LogP contribution in [0.3, 0.4) is 0 Å². The maximum atomic E-state index is 12.2. The van der Waals surface area contributed by atoms with Crippen LogP contribution in [0.4, 0.5) is 19.1 Å². The molecule has 0 saturated heterocycles. The normalized spacial score (nSPS) is 12.9. The van der Waals surface area contributed by atoms with Crippen molar-refractivity contribution < 1.29 is 18.3 Å². The molecule has 0 aliphatic heterocycles. The van der Waals surface area contributed by atoms with Crippen molar-refractivity contribution in [1.82, 2.24) is 9.97 Å². The molecule has 2 N–H and O–H groups in total. The van der Waals surface area contributed by atoms with E-state index >= 15 is 0 Å². The molecule has 1 aromatic heterocycles. The Morgan fingerprint density at radius 3 is 2.50 bits per heavy atom. The molecule has 2 aromatic rings. The van der Waals surface area contributed by atoms with Crippen LogP contribution in [0.2, 0.25) is 0 Å². The lowest BCUT2D eigenvalue weighted by Crippen LogP contribution is -2.17. The van der Waals surface area contributed by atoms with Gasteiger partial charge in [0.25, 0.3) is 0 Å². The molecule has 0 bridgehead atoms. The van der Waals surface area contributed by atoms with Crippen molar-refractivity contribution in [2.24, 2.45) is 0 Å². The second-order valence-corrected chi connectivity index (χ2v) is 4.78. The average Bonchev–Trinajstić information content (AvgIpc) is 2.51. The summed E-state index contributed by atoms with van der Waals surface area (Å²) in [5.41, 5.74) is 1.15. The van der Waals surface area contributed by atoms with Crippen molar-refractivity contribution in [2.45, 2.75) is 25.1 Å². The standard InChI is InChI=1S/C15H16F3N3O/c16-15(17,18)8-6-12-7-9-19-14(20-12)21-13(10-22)11-4-2-1-3-5-11/h1-5,7,9,13,22H,6,8,10H2,(H,19,20,21)/t13-/m1/s1. The Bertz CT molecular complexity index is 590. The van der Waals surface area contributed by atoms with E-state index in [0.29, 0.717) is 5.69 Å². The highest BCUT2D eigenvalue weighted by Crippen LogP contribution is 2.22. The third kappa shape index (κ3) is 5.00. The number of nitrogens with zero attached hydrogens (tertiary/aromatic N) is 2. The van der Waals surface area contributed by atoms with Gasteiger partial charge in [-0.05, 0) is 18.1 Å². The minimum Gasteiger partial charge on any atom is -0.394 e. The summed E-state index contributed by atoms with van der Waals surface area (Å²) in [5.74, 6) is 0.197. The van der Waals surface area contributed by atoms with E-state index in [4.69, 9.17) is 0 Å². The number of aromatic nitrogens is 2. The van der Waals surface area contributed by atoms with E-state index in [2.05, 4.69) is 15.3 Å². The predicted octanol–water partition coefficient (Wildman–Crippen LogP) is 3.12. The van der Waals surface area contributed by atoms with Crippen molar-refractivity contribution in [2.75, 3.05) is 11.9 Å². The molecule has 1 aromatic carbocycles. The lowest BCUT2D eigenvalue weighted by molar-refractivity contribution is -0.134. The highest BCUT2D eigenvalue weighted by Gasteiger charge is 2.26. The van der Waals surface area contributed by atoms with Crippen LogP contribution in [0, 0.1) is 0 Å². The first kappa shape index (κ1) is 16.2. The maximum Gasteiger partial charge on any atom is 0.389 e. The molecule has 1 heterocycles. The Kier molecular flexibility index (Phi) is 5.32. The summed E-state index contributed by atoms with van der Waals surface area (Å²) >= 11 is 0. The predicted molar refractivity (Wildman–Crippen MR) is 76.3 cm³/mol. The zero-order chi connectivity index (χ0) is 16.0. The first-order valence-corrected chi connectivity index (χ1v) is 6.79. The Labute approximate surface area is 126 Å². The van der Waals surface area contributed by atoms with E-state index in [9.17, 15) is 18.3 Å². The lowest BCUT2D eigenvalue weighted by atomic mass is 10.1. The SMILES string of the molecule is OC[C@@H](Nc1nccc(CCC(F)(F)F)n1)c1ccccc1. The molecule has 0 fully saturated rings. The van der Waals surface area contributed by atoms with E-state index in [-0.39, 0.29) is 19.0 Å². The van der Waals surface area contributed by atoms with Gasteiger partial charge in [0.2, 0.25) is 5.95 Å². The molecule has 0 radical (unpaired) electrons. The molecule has 0 unspecified atom stereocenters. The fraction of sp³-hybridized carbons (Fsp3) is 0.333. The second-order valence-electron chi connectivity index (χ2n) is 4.78. The summed E-state index contributed by atoms with van der Waals surface area (Å²) in [6.07, 6.45) is -3.93. The number of aryl methyl sites for hydroxylation is 1. The van der Waals surface area contributed by atoms with Crippen LogP contribution >= 0.6 is 0 Å². The van der Waals surface area contributed by atoms with Crippen LogP contribution in [-0.4, -0.2) is 27.9 Å². The number of hydrogen-bond acceptors (Lipinski definition) is 4. The van der Waals surface area contributed by atoms with Crippen molar-refractivity contribution in [1.29, 1.82) is 0 Å². The number of halogens is 3. The largest absolute Gasteiger partial charge is 0.394 e. The number of benzene rings is 1. The smallest absolute Gasteiger partial charge is 0.389 e. The molecule has 0 saturated carbocycles. The van der Waals surface area contributed by atoms with Gasteiger partial charge in [-0.2, -0.15) is 13.2 Å². The third-order valence-electron chi connectivity index (χ3n) is 3.07. The fourth-order valence-corrected chi connectivity index (χ4v) is 1.95. The van der Waals surface area contributed by atoms with Crippen LogP contribution < -0.4 is 5.32 Å². The van der Waals surface area contributed by atoms with Gasteiger partial charge in [-0.3, -0.25) is 0 Å². The summed E-state index contributed by atoms with van der Waals surface area (Å²) in [4.78, 5) is 8.04. The van der Waals surface area contributed by atoms with Crippen LogP contribution in [0.15, 0.2) is 42.6 Å². The van der Waals surface area contributed by atoms with Gasteiger partial charge < -0.3 is 10.4 Å². The van der Waals surface area contributed by atoms with Crippen molar-refractivity contribution in [3.63, 3.8) is 0 Å². The molecule has 1 atom stereocenters. The number of anilines is 1. The quantitative estimate of drug-likeness (QED) is 0.860. The number of aliphatic hydroxyl groups excluding tert-OH is 1. The molecule has 0 aliphatic rings. The van der Waals surface area contributed by atoms with Crippen LogP contribution in [0.5, 0.6) is 0 Å². The topological polar surface area (TPSA) is 58.0 Å². The fourth-order valence-electron chi connectivity index (χ4n) is 1.95. The van der Waals surface area contributed by atoms with Gasteiger partial charge in [-0.1, -0.05) is 30.3 Å². The Morgan fingerprint density at radius 1 is 1.14 bits per heavy atom. The number of rotatable bonds is 6. The zero-order valence-electron chi connectivity index (χ0n) is 11.7. The third-order valence-corrected chi connectivity index (χ3v) is 3.07. The highest BCUT2D eigenvalue weighted by atomic mass is 19.4. The minimum atomic E-state index is -4.21. The van der Waals surface area contributed by atoms with E-state index in [1.165, 1.54) is 12.3 Å². The molecule has 2 rings (SSSR count). The van der Waals surface area contributed by atoms with Crippen LogP contribution in [0.1, 0.15) is 23.7 Å². The van der Waals surface area contributed by atoms with E-state index in [1.807, 2.05) is 30.3 Å². The minimum absolute atomic E-state index is 0.180. The van der Waals surface area contributed by atoms with E-state index in [0.717, 1.165) is 5.56 Å². The van der Waals surface area contributed by atoms with Gasteiger partial charge in [0, 0.05) is 18.3 Å². The maximum absolute atomic E-state index is 12.2.